The van der Waals surface area contributed by atoms with Crippen molar-refractivity contribution in [3.05, 3.63) is 0 Å². The topological polar surface area (TPSA) is 12.4 Å². The molecule has 0 aliphatic carbocycles. The smallest absolute Gasteiger partial charge is 0.293 e. The molecule has 1 nitrogen and oxygen atoms in total. The summed E-state index contributed by atoms with van der Waals surface area (Å²) in [4.78, 5) is 0. The number of nitrogens with zero attached hydrogens (tertiary/aromatic N) is 1. The molecule has 0 saturated carbocycles. The molecule has 0 amide bonds. The summed E-state index contributed by atoms with van der Waals surface area (Å²) in [7, 11) is -1.27. The van der Waals surface area contributed by atoms with Crippen LogP contribution in [0.25, 0.3) is 0 Å². The zero-order chi connectivity index (χ0) is 9.83. The van der Waals surface area contributed by atoms with E-state index in [0.717, 1.165) is 18.5 Å². The van der Waals surface area contributed by atoms with Crippen molar-refractivity contribution in [3.8, 4) is 0 Å². The molecule has 0 aliphatic rings. The van der Waals surface area contributed by atoms with Crippen LogP contribution in [0.3, 0.4) is 0 Å². The minimum Gasteiger partial charge on any atom is -0.293 e. The number of halogens is 3. The monoisotopic (exact) mass is 265 g/mol. The maximum Gasteiger partial charge on any atom is 0.471 e. The van der Waals surface area contributed by atoms with Gasteiger partial charge in [-0.25, -0.2) is 0 Å². The van der Waals surface area contributed by atoms with Crippen LogP contribution in [0.5, 0.6) is 0 Å². The lowest BCUT2D eigenvalue weighted by atomic mass is 10.9. The summed E-state index contributed by atoms with van der Waals surface area (Å²) in [6, 6.07) is 0. The lowest BCUT2D eigenvalue weighted by Crippen LogP contribution is -2.07. The van der Waals surface area contributed by atoms with Gasteiger partial charge in [0.05, 0.1) is 0 Å². The maximum atomic E-state index is 5.78. The quantitative estimate of drug-likeness (QED) is 0.406. The van der Waals surface area contributed by atoms with Crippen molar-refractivity contribution in [3.63, 3.8) is 0 Å². The Morgan fingerprint density at radius 1 is 1.00 bits per heavy atom. The zero-order valence-electron chi connectivity index (χ0n) is 7.65. The van der Waals surface area contributed by atoms with Crippen LogP contribution in [0.1, 0.15) is 20.8 Å². The number of hydrogen-bond acceptors (Lipinski definition) is 1. The second kappa shape index (κ2) is 5.26. The normalized spacial score (nSPS) is 13.2. The number of hydrogen-bond donors (Lipinski definition) is 0. The fraction of sp³-hybridized carbons (Fsp3) is 1.00. The standard InChI is InChI=1S/C6H15Cl3NPSi/c1-4-11(5-2,6-3)10-12(7,8)9/h4-6H2,1-3H3. The Hall–Kier alpha value is 1.32. The molecule has 0 bridgehead atoms. The van der Waals surface area contributed by atoms with E-state index in [9.17, 15) is 0 Å². The lowest BCUT2D eigenvalue weighted by Gasteiger charge is -2.21. The first-order valence-electron chi connectivity index (χ1n) is 4.06. The van der Waals surface area contributed by atoms with E-state index in [-0.39, 0.29) is 0 Å². The van der Waals surface area contributed by atoms with Crippen LogP contribution in [0.2, 0.25) is 0 Å². The van der Waals surface area contributed by atoms with Crippen LogP contribution in [0.4, 0.5) is 0 Å². The van der Waals surface area contributed by atoms with E-state index in [4.69, 9.17) is 33.2 Å². The van der Waals surface area contributed by atoms with Gasteiger partial charge in [0.15, 0.2) is 0 Å². The molecular weight excluding hydrogens is 251 g/mol. The first kappa shape index (κ1) is 13.3. The second-order valence-corrected chi connectivity index (χ2v) is 15.1. The van der Waals surface area contributed by atoms with Crippen molar-refractivity contribution >= 4 is 46.5 Å². The van der Waals surface area contributed by atoms with Gasteiger partial charge in [-0.1, -0.05) is 20.8 Å². The van der Waals surface area contributed by atoms with Gasteiger partial charge in [0.2, 0.25) is 0 Å². The Bertz CT molecular complexity index is 171. The molecule has 0 aromatic heterocycles. The van der Waals surface area contributed by atoms with Gasteiger partial charge in [-0.2, -0.15) is 0 Å². The second-order valence-electron chi connectivity index (χ2n) is 2.61. The Kier molecular flexibility index (Phi) is 5.84. The van der Waals surface area contributed by atoms with Gasteiger partial charge >= 0.3 is 6.16 Å². The Balaban J connectivity index is 4.82. The highest BCUT2D eigenvalue weighted by Crippen LogP contribution is 2.51. The van der Waals surface area contributed by atoms with Crippen LogP contribution in [0, 0.1) is 0 Å². The molecule has 0 saturated heterocycles. The average molecular weight is 267 g/mol. The van der Waals surface area contributed by atoms with E-state index < -0.39 is 13.2 Å². The molecule has 0 heterocycles. The van der Waals surface area contributed by atoms with Crippen LogP contribution in [0.15, 0.2) is 4.41 Å². The molecule has 0 aromatic rings. The van der Waals surface area contributed by atoms with Crippen LogP contribution >= 0.6 is 40.3 Å². The highest BCUT2D eigenvalue weighted by Gasteiger charge is 2.28. The molecule has 0 spiro atoms. The van der Waals surface area contributed by atoms with E-state index in [1.165, 1.54) is 0 Å². The molecule has 0 unspecified atom stereocenters. The van der Waals surface area contributed by atoms with Gasteiger partial charge in [0, 0.05) is 0 Å². The van der Waals surface area contributed by atoms with Gasteiger partial charge in [0.1, 0.15) is 0 Å². The molecule has 12 heavy (non-hydrogen) atoms. The third-order valence-electron chi connectivity index (χ3n) is 2.09. The highest BCUT2D eigenvalue weighted by atomic mass is 35.8. The summed E-state index contributed by atoms with van der Waals surface area (Å²) in [6.07, 6.45) is 0.405. The van der Waals surface area contributed by atoms with Gasteiger partial charge in [-0.3, -0.25) is 4.41 Å². The fourth-order valence-electron chi connectivity index (χ4n) is 1.12. The van der Waals surface area contributed by atoms with E-state index in [0.29, 0.717) is 0 Å². The zero-order valence-corrected chi connectivity index (χ0v) is 11.8. The Labute approximate surface area is 90.0 Å². The van der Waals surface area contributed by atoms with Crippen molar-refractivity contribution in [1.29, 1.82) is 0 Å². The molecule has 0 radical (unpaired) electrons. The largest absolute Gasteiger partial charge is 0.471 e. The van der Waals surface area contributed by atoms with Crippen molar-refractivity contribution in [2.45, 2.75) is 20.8 Å². The predicted octanol–water partition coefficient (Wildman–Crippen LogP) is 4.40. The third kappa shape index (κ3) is 4.52. The van der Waals surface area contributed by atoms with Crippen molar-refractivity contribution in [2.75, 3.05) is 18.5 Å². The summed E-state index contributed by atoms with van der Waals surface area (Å²) in [6.45, 7) is 6.40. The van der Waals surface area contributed by atoms with Gasteiger partial charge in [-0.15, -0.1) is 33.2 Å². The SMILES string of the molecule is CCP(CC)(CC)=N[Si](Cl)(Cl)Cl. The fourth-order valence-corrected chi connectivity index (χ4v) is 10.4. The molecule has 0 fully saturated rings. The molecular formula is C6H15Cl3NPSi. The first-order valence-corrected chi connectivity index (χ1v) is 11.3. The summed E-state index contributed by atoms with van der Waals surface area (Å²) in [5.74, 6) is 0. The molecule has 0 aromatic carbocycles. The molecule has 0 atom stereocenters. The van der Waals surface area contributed by atoms with Crippen molar-refractivity contribution in [1.82, 2.24) is 0 Å². The lowest BCUT2D eigenvalue weighted by molar-refractivity contribution is 1.31. The van der Waals surface area contributed by atoms with Crippen LogP contribution in [-0.4, -0.2) is 24.7 Å². The summed E-state index contributed by atoms with van der Waals surface area (Å²) in [5.41, 5.74) is 0. The minimum absolute atomic E-state index is 1.06. The van der Waals surface area contributed by atoms with E-state index in [1.54, 1.807) is 0 Å². The molecule has 6 heteroatoms. The third-order valence-corrected chi connectivity index (χ3v) is 10.3. The van der Waals surface area contributed by atoms with Gasteiger partial charge in [-0.05, 0) is 25.5 Å². The molecule has 0 rings (SSSR count). The summed E-state index contributed by atoms with van der Waals surface area (Å²) < 4.78 is 4.44. The molecule has 0 N–H and O–H groups in total. The maximum absolute atomic E-state index is 5.78. The molecule has 74 valence electrons. The number of rotatable bonds is 4. The Morgan fingerprint density at radius 3 is 1.42 bits per heavy atom. The highest BCUT2D eigenvalue weighted by molar-refractivity contribution is 7.74. The summed E-state index contributed by atoms with van der Waals surface area (Å²) in [5, 5.41) is 0. The van der Waals surface area contributed by atoms with E-state index in [2.05, 4.69) is 25.2 Å². The van der Waals surface area contributed by atoms with Crippen molar-refractivity contribution in [2.24, 2.45) is 4.41 Å². The Morgan fingerprint density at radius 2 is 1.33 bits per heavy atom. The van der Waals surface area contributed by atoms with E-state index >= 15 is 0 Å². The summed E-state index contributed by atoms with van der Waals surface area (Å²) >= 11 is 17.4. The van der Waals surface area contributed by atoms with Gasteiger partial charge < -0.3 is 0 Å². The van der Waals surface area contributed by atoms with Gasteiger partial charge in [0.25, 0.3) is 0 Å². The van der Waals surface area contributed by atoms with Crippen LogP contribution < -0.4 is 0 Å². The average Bonchev–Trinajstić information content (AvgIpc) is 1.99. The van der Waals surface area contributed by atoms with E-state index in [1.807, 2.05) is 0 Å². The predicted molar refractivity (Wildman–Crippen MR) is 64.3 cm³/mol. The molecule has 0 aliphatic heterocycles. The van der Waals surface area contributed by atoms with Crippen molar-refractivity contribution < 1.29 is 0 Å². The van der Waals surface area contributed by atoms with Crippen LogP contribution in [-0.2, 0) is 0 Å². The minimum atomic E-state index is -2.76. The first-order chi connectivity index (χ1) is 5.39.